The lowest BCUT2D eigenvalue weighted by molar-refractivity contribution is -0.126. The highest BCUT2D eigenvalue weighted by Crippen LogP contribution is 2.19. The number of hydrogen-bond donors (Lipinski definition) is 1. The van der Waals surface area contributed by atoms with Crippen LogP contribution in [0.5, 0.6) is 0 Å². The molecule has 0 saturated heterocycles. The number of ketones is 1. The van der Waals surface area contributed by atoms with Gasteiger partial charge in [-0.15, -0.1) is 0 Å². The van der Waals surface area contributed by atoms with E-state index < -0.39 is 0 Å². The SMILES string of the molecule is CC(C)(C)CC(=O)NCCCCC(=O)C(C)(C)C. The number of amides is 1. The van der Waals surface area contributed by atoms with Gasteiger partial charge >= 0.3 is 0 Å². The molecule has 0 aliphatic heterocycles. The summed E-state index contributed by atoms with van der Waals surface area (Å²) in [6.45, 7) is 12.7. The highest BCUT2D eigenvalue weighted by molar-refractivity contribution is 5.83. The van der Waals surface area contributed by atoms with Crippen LogP contribution in [-0.4, -0.2) is 18.2 Å². The van der Waals surface area contributed by atoms with E-state index in [1.54, 1.807) is 0 Å². The van der Waals surface area contributed by atoms with Crippen LogP contribution in [0.4, 0.5) is 0 Å². The van der Waals surface area contributed by atoms with Crippen molar-refractivity contribution < 1.29 is 9.59 Å². The highest BCUT2D eigenvalue weighted by atomic mass is 16.1. The summed E-state index contributed by atoms with van der Waals surface area (Å²) in [7, 11) is 0. The van der Waals surface area contributed by atoms with Gasteiger partial charge in [-0.05, 0) is 18.3 Å². The molecule has 106 valence electrons. The van der Waals surface area contributed by atoms with Gasteiger partial charge < -0.3 is 5.32 Å². The smallest absolute Gasteiger partial charge is 0.220 e. The summed E-state index contributed by atoms with van der Waals surface area (Å²) in [5.41, 5.74) is -0.207. The first-order valence-corrected chi connectivity index (χ1v) is 6.82. The normalized spacial score (nSPS) is 12.3. The average Bonchev–Trinajstić information content (AvgIpc) is 2.12. The van der Waals surface area contributed by atoms with Gasteiger partial charge in [-0.2, -0.15) is 0 Å². The molecule has 0 aromatic carbocycles. The van der Waals surface area contributed by atoms with Crippen LogP contribution in [0, 0.1) is 10.8 Å². The molecule has 1 N–H and O–H groups in total. The molecule has 0 bridgehead atoms. The zero-order valence-electron chi connectivity index (χ0n) is 12.9. The first-order chi connectivity index (χ1) is 8.02. The number of carbonyl (C=O) groups is 2. The number of nitrogens with one attached hydrogen (secondary N) is 1. The van der Waals surface area contributed by atoms with E-state index in [1.165, 1.54) is 0 Å². The third kappa shape index (κ3) is 9.20. The van der Waals surface area contributed by atoms with E-state index in [9.17, 15) is 9.59 Å². The van der Waals surface area contributed by atoms with Crippen LogP contribution in [0.15, 0.2) is 0 Å². The lowest BCUT2D eigenvalue weighted by Gasteiger charge is -2.18. The average molecular weight is 255 g/mol. The van der Waals surface area contributed by atoms with Crippen molar-refractivity contribution in [1.29, 1.82) is 0 Å². The molecule has 0 spiro atoms. The Labute approximate surface area is 112 Å². The van der Waals surface area contributed by atoms with Crippen LogP contribution < -0.4 is 5.32 Å². The molecule has 0 rings (SSSR count). The Kier molecular flexibility index (Phi) is 6.58. The summed E-state index contributed by atoms with van der Waals surface area (Å²) in [6.07, 6.45) is 2.89. The van der Waals surface area contributed by atoms with Gasteiger partial charge in [0.2, 0.25) is 5.91 Å². The van der Waals surface area contributed by atoms with E-state index in [0.29, 0.717) is 25.2 Å². The van der Waals surface area contributed by atoms with Crippen molar-refractivity contribution in [2.45, 2.75) is 67.2 Å². The summed E-state index contributed by atoms with van der Waals surface area (Å²) in [5, 5.41) is 2.90. The molecule has 0 aliphatic carbocycles. The third-order valence-electron chi connectivity index (χ3n) is 2.68. The molecule has 0 aromatic rings. The lowest BCUT2D eigenvalue weighted by atomic mass is 9.88. The summed E-state index contributed by atoms with van der Waals surface area (Å²) in [5.74, 6) is 0.396. The van der Waals surface area contributed by atoms with E-state index in [0.717, 1.165) is 12.8 Å². The van der Waals surface area contributed by atoms with Crippen LogP contribution in [0.3, 0.4) is 0 Å². The van der Waals surface area contributed by atoms with Gasteiger partial charge in [0, 0.05) is 24.8 Å². The topological polar surface area (TPSA) is 46.2 Å². The second-order valence-corrected chi connectivity index (χ2v) is 7.22. The van der Waals surface area contributed by atoms with Gasteiger partial charge in [-0.3, -0.25) is 9.59 Å². The molecule has 0 saturated carbocycles. The first kappa shape index (κ1) is 17.1. The molecular weight excluding hydrogens is 226 g/mol. The van der Waals surface area contributed by atoms with Gasteiger partial charge in [0.15, 0.2) is 0 Å². The van der Waals surface area contributed by atoms with Crippen LogP contribution in [0.1, 0.15) is 67.2 Å². The van der Waals surface area contributed by atoms with Crippen molar-refractivity contribution in [2.24, 2.45) is 10.8 Å². The van der Waals surface area contributed by atoms with Crippen LogP contribution in [-0.2, 0) is 9.59 Å². The number of carbonyl (C=O) groups excluding carboxylic acids is 2. The maximum Gasteiger partial charge on any atom is 0.220 e. The molecule has 18 heavy (non-hydrogen) atoms. The largest absolute Gasteiger partial charge is 0.356 e. The molecule has 3 nitrogen and oxygen atoms in total. The van der Waals surface area contributed by atoms with Crippen molar-refractivity contribution in [2.75, 3.05) is 6.54 Å². The van der Waals surface area contributed by atoms with Gasteiger partial charge in [-0.25, -0.2) is 0 Å². The fourth-order valence-electron chi connectivity index (χ4n) is 1.56. The Morgan fingerprint density at radius 2 is 1.50 bits per heavy atom. The van der Waals surface area contributed by atoms with E-state index in [2.05, 4.69) is 26.1 Å². The van der Waals surface area contributed by atoms with Crippen LogP contribution in [0.25, 0.3) is 0 Å². The second kappa shape index (κ2) is 6.91. The number of rotatable bonds is 6. The summed E-state index contributed by atoms with van der Waals surface area (Å²) in [4.78, 5) is 23.2. The summed E-state index contributed by atoms with van der Waals surface area (Å²) < 4.78 is 0. The summed E-state index contributed by atoms with van der Waals surface area (Å²) in [6, 6.07) is 0. The van der Waals surface area contributed by atoms with Crippen molar-refractivity contribution in [3.8, 4) is 0 Å². The molecule has 1 amide bonds. The number of Topliss-reactive ketones (excluding diaryl/α,β-unsaturated/α-hetero) is 1. The molecule has 0 radical (unpaired) electrons. The molecule has 0 fully saturated rings. The minimum atomic E-state index is -0.241. The Balaban J connectivity index is 3.64. The van der Waals surface area contributed by atoms with Crippen molar-refractivity contribution >= 4 is 11.7 Å². The van der Waals surface area contributed by atoms with Gasteiger partial charge in [0.05, 0.1) is 0 Å². The first-order valence-electron chi connectivity index (χ1n) is 6.82. The van der Waals surface area contributed by atoms with Crippen molar-refractivity contribution in [3.05, 3.63) is 0 Å². The van der Waals surface area contributed by atoms with E-state index in [-0.39, 0.29) is 16.7 Å². The van der Waals surface area contributed by atoms with E-state index in [4.69, 9.17) is 0 Å². The maximum absolute atomic E-state index is 11.7. The van der Waals surface area contributed by atoms with Crippen molar-refractivity contribution in [1.82, 2.24) is 5.32 Å². The number of hydrogen-bond acceptors (Lipinski definition) is 2. The highest BCUT2D eigenvalue weighted by Gasteiger charge is 2.20. The van der Waals surface area contributed by atoms with Crippen LogP contribution >= 0.6 is 0 Å². The quantitative estimate of drug-likeness (QED) is 0.740. The standard InChI is InChI=1S/C15H29NO2/c1-14(2,3)11-13(18)16-10-8-7-9-12(17)15(4,5)6/h7-11H2,1-6H3,(H,16,18). The Morgan fingerprint density at radius 3 is 1.94 bits per heavy atom. The summed E-state index contributed by atoms with van der Waals surface area (Å²) >= 11 is 0. The maximum atomic E-state index is 11.7. The fourth-order valence-corrected chi connectivity index (χ4v) is 1.56. The zero-order valence-corrected chi connectivity index (χ0v) is 12.9. The number of unbranched alkanes of at least 4 members (excludes halogenated alkanes) is 1. The van der Waals surface area contributed by atoms with Gasteiger partial charge in [-0.1, -0.05) is 41.5 Å². The molecule has 3 heteroatoms. The lowest BCUT2D eigenvalue weighted by Crippen LogP contribution is -2.28. The third-order valence-corrected chi connectivity index (χ3v) is 2.68. The van der Waals surface area contributed by atoms with Crippen molar-refractivity contribution in [3.63, 3.8) is 0 Å². The minimum absolute atomic E-state index is 0.0340. The Hall–Kier alpha value is -0.860. The predicted octanol–water partition coefficient (Wildman–Crippen LogP) is 3.32. The van der Waals surface area contributed by atoms with Crippen LogP contribution in [0.2, 0.25) is 0 Å². The Bertz CT molecular complexity index is 282. The molecular formula is C15H29NO2. The van der Waals surface area contributed by atoms with E-state index >= 15 is 0 Å². The monoisotopic (exact) mass is 255 g/mol. The molecule has 0 heterocycles. The molecule has 0 unspecified atom stereocenters. The fraction of sp³-hybridized carbons (Fsp3) is 0.867. The van der Waals surface area contributed by atoms with Gasteiger partial charge in [0.1, 0.15) is 5.78 Å². The zero-order chi connectivity index (χ0) is 14.4. The molecule has 0 aromatic heterocycles. The second-order valence-electron chi connectivity index (χ2n) is 7.22. The Morgan fingerprint density at radius 1 is 0.944 bits per heavy atom. The minimum Gasteiger partial charge on any atom is -0.356 e. The molecule has 0 aliphatic rings. The van der Waals surface area contributed by atoms with Gasteiger partial charge in [0.25, 0.3) is 0 Å². The predicted molar refractivity (Wildman–Crippen MR) is 75.4 cm³/mol. The van der Waals surface area contributed by atoms with E-state index in [1.807, 2.05) is 20.8 Å². The molecule has 0 atom stereocenters.